The minimum Gasteiger partial charge on any atom is -0.277 e. The summed E-state index contributed by atoms with van der Waals surface area (Å²) in [5, 5.41) is 0. The van der Waals surface area contributed by atoms with Crippen LogP contribution in [0.3, 0.4) is 0 Å². The molecule has 0 aromatic rings. The Morgan fingerprint density at radius 2 is 1.93 bits per heavy atom. The van der Waals surface area contributed by atoms with E-state index < -0.39 is 24.8 Å². The summed E-state index contributed by atoms with van der Waals surface area (Å²) in [6, 6.07) is 0. The van der Waals surface area contributed by atoms with E-state index in [1.807, 2.05) is 6.92 Å². The molecule has 0 heterocycles. The SMILES string of the molecule is CCCCC(=O)N(CC(F)F)C(C)=O. The highest BCUT2D eigenvalue weighted by Crippen LogP contribution is 2.04. The van der Waals surface area contributed by atoms with Crippen LogP contribution in [0.25, 0.3) is 0 Å². The van der Waals surface area contributed by atoms with E-state index in [0.717, 1.165) is 13.3 Å². The lowest BCUT2D eigenvalue weighted by molar-refractivity contribution is -0.145. The topological polar surface area (TPSA) is 37.4 Å². The first-order chi connectivity index (χ1) is 6.49. The Kier molecular flexibility index (Phi) is 5.99. The third kappa shape index (κ3) is 4.89. The fraction of sp³-hybridized carbons (Fsp3) is 0.778. The Labute approximate surface area is 82.1 Å². The highest BCUT2D eigenvalue weighted by Gasteiger charge is 2.20. The summed E-state index contributed by atoms with van der Waals surface area (Å²) >= 11 is 0. The van der Waals surface area contributed by atoms with Gasteiger partial charge in [0.15, 0.2) is 0 Å². The number of unbranched alkanes of at least 4 members (excludes halogenated alkanes) is 1. The van der Waals surface area contributed by atoms with Gasteiger partial charge in [-0.2, -0.15) is 0 Å². The molecule has 0 aromatic heterocycles. The highest BCUT2D eigenvalue weighted by molar-refractivity contribution is 5.94. The second-order valence-electron chi connectivity index (χ2n) is 3.02. The number of rotatable bonds is 5. The summed E-state index contributed by atoms with van der Waals surface area (Å²) in [7, 11) is 0. The van der Waals surface area contributed by atoms with Crippen molar-refractivity contribution in [3.63, 3.8) is 0 Å². The van der Waals surface area contributed by atoms with Crippen LogP contribution in [0.2, 0.25) is 0 Å². The van der Waals surface area contributed by atoms with Crippen LogP contribution in [-0.4, -0.2) is 29.7 Å². The molecule has 82 valence electrons. The molecule has 0 atom stereocenters. The zero-order chi connectivity index (χ0) is 11.1. The predicted molar refractivity (Wildman–Crippen MR) is 47.9 cm³/mol. The Morgan fingerprint density at radius 1 is 1.36 bits per heavy atom. The van der Waals surface area contributed by atoms with E-state index in [9.17, 15) is 18.4 Å². The van der Waals surface area contributed by atoms with Crippen molar-refractivity contribution < 1.29 is 18.4 Å². The van der Waals surface area contributed by atoms with Crippen molar-refractivity contribution >= 4 is 11.8 Å². The first-order valence-electron chi connectivity index (χ1n) is 4.58. The first kappa shape index (κ1) is 13.0. The molecule has 0 aliphatic carbocycles. The van der Waals surface area contributed by atoms with E-state index in [0.29, 0.717) is 11.3 Å². The summed E-state index contributed by atoms with van der Waals surface area (Å²) in [6.07, 6.45) is -1.09. The van der Waals surface area contributed by atoms with Crippen LogP contribution in [0.15, 0.2) is 0 Å². The lowest BCUT2D eigenvalue weighted by atomic mass is 10.2. The predicted octanol–water partition coefficient (Wildman–Crippen LogP) is 1.82. The van der Waals surface area contributed by atoms with E-state index in [1.165, 1.54) is 0 Å². The zero-order valence-electron chi connectivity index (χ0n) is 8.43. The van der Waals surface area contributed by atoms with Crippen LogP contribution in [0.5, 0.6) is 0 Å². The molecule has 5 heteroatoms. The minimum atomic E-state index is -2.66. The molecular weight excluding hydrogens is 192 g/mol. The van der Waals surface area contributed by atoms with Crippen LogP contribution in [0, 0.1) is 0 Å². The van der Waals surface area contributed by atoms with Crippen molar-refractivity contribution in [1.82, 2.24) is 4.90 Å². The molecule has 0 spiro atoms. The van der Waals surface area contributed by atoms with Gasteiger partial charge in [-0.1, -0.05) is 13.3 Å². The van der Waals surface area contributed by atoms with Gasteiger partial charge in [0.05, 0.1) is 6.54 Å². The number of carbonyl (C=O) groups excluding carboxylic acids is 2. The second-order valence-corrected chi connectivity index (χ2v) is 3.02. The van der Waals surface area contributed by atoms with Gasteiger partial charge in [-0.3, -0.25) is 14.5 Å². The van der Waals surface area contributed by atoms with Gasteiger partial charge in [0, 0.05) is 13.3 Å². The fourth-order valence-corrected chi connectivity index (χ4v) is 1.01. The molecule has 14 heavy (non-hydrogen) atoms. The van der Waals surface area contributed by atoms with E-state index in [2.05, 4.69) is 0 Å². The first-order valence-corrected chi connectivity index (χ1v) is 4.58. The molecule has 0 aromatic carbocycles. The van der Waals surface area contributed by atoms with Gasteiger partial charge in [-0.05, 0) is 6.42 Å². The van der Waals surface area contributed by atoms with Crippen LogP contribution >= 0.6 is 0 Å². The average Bonchev–Trinajstić information content (AvgIpc) is 2.09. The lowest BCUT2D eigenvalue weighted by Crippen LogP contribution is -2.38. The van der Waals surface area contributed by atoms with Crippen molar-refractivity contribution in [2.75, 3.05) is 6.54 Å². The van der Waals surface area contributed by atoms with Crippen LogP contribution < -0.4 is 0 Å². The van der Waals surface area contributed by atoms with E-state index in [1.54, 1.807) is 0 Å². The van der Waals surface area contributed by atoms with Gasteiger partial charge >= 0.3 is 0 Å². The van der Waals surface area contributed by atoms with Crippen LogP contribution in [-0.2, 0) is 9.59 Å². The highest BCUT2D eigenvalue weighted by atomic mass is 19.3. The molecule has 0 saturated carbocycles. The van der Waals surface area contributed by atoms with Crippen LogP contribution in [0.4, 0.5) is 8.78 Å². The molecular formula is C9H15F2NO2. The summed E-state index contributed by atoms with van der Waals surface area (Å²) in [6.45, 7) is 2.21. The monoisotopic (exact) mass is 207 g/mol. The van der Waals surface area contributed by atoms with Crippen molar-refractivity contribution in [1.29, 1.82) is 0 Å². The van der Waals surface area contributed by atoms with Gasteiger partial charge in [0.2, 0.25) is 11.8 Å². The number of halogens is 2. The van der Waals surface area contributed by atoms with Crippen molar-refractivity contribution in [2.45, 2.75) is 39.5 Å². The van der Waals surface area contributed by atoms with Gasteiger partial charge in [-0.15, -0.1) is 0 Å². The maximum atomic E-state index is 12.0. The minimum absolute atomic E-state index is 0.156. The quantitative estimate of drug-likeness (QED) is 0.689. The third-order valence-corrected chi connectivity index (χ3v) is 1.75. The maximum Gasteiger partial charge on any atom is 0.256 e. The Balaban J connectivity index is 4.19. The Bertz CT molecular complexity index is 207. The summed E-state index contributed by atoms with van der Waals surface area (Å²) in [5.41, 5.74) is 0. The molecule has 2 amide bonds. The number of amides is 2. The van der Waals surface area contributed by atoms with Gasteiger partial charge in [-0.25, -0.2) is 8.78 Å². The van der Waals surface area contributed by atoms with Crippen molar-refractivity contribution in [2.24, 2.45) is 0 Å². The number of imide groups is 1. The molecule has 0 rings (SSSR count). The molecule has 3 nitrogen and oxygen atoms in total. The zero-order valence-corrected chi connectivity index (χ0v) is 8.43. The summed E-state index contributed by atoms with van der Waals surface area (Å²) < 4.78 is 24.0. The molecule has 0 unspecified atom stereocenters. The molecule has 0 saturated heterocycles. The fourth-order valence-electron chi connectivity index (χ4n) is 1.01. The molecule has 0 bridgehead atoms. The van der Waals surface area contributed by atoms with E-state index in [4.69, 9.17) is 0 Å². The summed E-state index contributed by atoms with van der Waals surface area (Å²) in [5.74, 6) is -1.13. The molecule has 0 radical (unpaired) electrons. The van der Waals surface area contributed by atoms with Gasteiger partial charge in [0.25, 0.3) is 6.43 Å². The number of hydrogen-bond donors (Lipinski definition) is 0. The standard InChI is InChI=1S/C9H15F2NO2/c1-3-4-5-9(14)12(7(2)13)6-8(10)11/h8H,3-6H2,1-2H3. The average molecular weight is 207 g/mol. The normalized spacial score (nSPS) is 10.4. The lowest BCUT2D eigenvalue weighted by Gasteiger charge is -2.18. The van der Waals surface area contributed by atoms with Crippen molar-refractivity contribution in [3.05, 3.63) is 0 Å². The smallest absolute Gasteiger partial charge is 0.256 e. The van der Waals surface area contributed by atoms with Crippen LogP contribution in [0.1, 0.15) is 33.1 Å². The molecule has 0 aliphatic heterocycles. The van der Waals surface area contributed by atoms with Gasteiger partial charge < -0.3 is 0 Å². The van der Waals surface area contributed by atoms with Crippen molar-refractivity contribution in [3.8, 4) is 0 Å². The largest absolute Gasteiger partial charge is 0.277 e. The van der Waals surface area contributed by atoms with E-state index in [-0.39, 0.29) is 6.42 Å². The van der Waals surface area contributed by atoms with E-state index >= 15 is 0 Å². The second kappa shape index (κ2) is 6.45. The Hall–Kier alpha value is -1.00. The molecule has 0 fully saturated rings. The molecule has 0 aliphatic rings. The maximum absolute atomic E-state index is 12.0. The number of hydrogen-bond acceptors (Lipinski definition) is 2. The summed E-state index contributed by atoms with van der Waals surface area (Å²) in [4.78, 5) is 22.7. The number of nitrogens with zero attached hydrogens (tertiary/aromatic N) is 1. The third-order valence-electron chi connectivity index (χ3n) is 1.75. The number of alkyl halides is 2. The number of carbonyl (C=O) groups is 2. The Morgan fingerprint density at radius 3 is 2.29 bits per heavy atom. The van der Waals surface area contributed by atoms with Gasteiger partial charge in [0.1, 0.15) is 0 Å². The molecule has 0 N–H and O–H groups in total.